The summed E-state index contributed by atoms with van der Waals surface area (Å²) in [7, 11) is 0. The van der Waals surface area contributed by atoms with E-state index in [4.69, 9.17) is 16.3 Å². The van der Waals surface area contributed by atoms with Crippen molar-refractivity contribution in [3.05, 3.63) is 45.4 Å². The number of nitrogens with one attached hydrogen (secondary N) is 1. The second kappa shape index (κ2) is 7.48. The molecule has 3 nitrogen and oxygen atoms in total. The molecule has 0 atom stereocenters. The van der Waals surface area contributed by atoms with Crippen molar-refractivity contribution >= 4 is 22.9 Å². The van der Waals surface area contributed by atoms with Gasteiger partial charge >= 0.3 is 0 Å². The molecule has 0 bridgehead atoms. The molecule has 2 heterocycles. The van der Waals surface area contributed by atoms with Crippen molar-refractivity contribution in [3.63, 3.8) is 0 Å². The number of aromatic nitrogens is 1. The van der Waals surface area contributed by atoms with Gasteiger partial charge in [-0.3, -0.25) is 4.98 Å². The maximum atomic E-state index is 5.85. The summed E-state index contributed by atoms with van der Waals surface area (Å²) in [6.07, 6.45) is 4.42. The van der Waals surface area contributed by atoms with Crippen molar-refractivity contribution in [2.24, 2.45) is 0 Å². The fourth-order valence-corrected chi connectivity index (χ4v) is 2.67. The van der Waals surface area contributed by atoms with E-state index < -0.39 is 0 Å². The van der Waals surface area contributed by atoms with Gasteiger partial charge in [0, 0.05) is 28.6 Å². The van der Waals surface area contributed by atoms with Crippen LogP contribution in [0.1, 0.15) is 23.1 Å². The van der Waals surface area contributed by atoms with Gasteiger partial charge in [0.05, 0.1) is 11.2 Å². The number of rotatable bonds is 7. The summed E-state index contributed by atoms with van der Waals surface area (Å²) in [5.41, 5.74) is 0. The molecule has 0 unspecified atom stereocenters. The van der Waals surface area contributed by atoms with E-state index in [0.29, 0.717) is 17.4 Å². The van der Waals surface area contributed by atoms with E-state index in [0.717, 1.165) is 19.5 Å². The first-order valence-corrected chi connectivity index (χ1v) is 7.49. The molecule has 5 heteroatoms. The number of hydrogen-bond donors (Lipinski definition) is 1. The molecule has 19 heavy (non-hydrogen) atoms. The molecule has 0 radical (unpaired) electrons. The number of pyridine rings is 1. The summed E-state index contributed by atoms with van der Waals surface area (Å²) in [5.74, 6) is 0.701. The number of ether oxygens (including phenoxy) is 1. The Morgan fingerprint density at radius 3 is 2.95 bits per heavy atom. The van der Waals surface area contributed by atoms with Crippen LogP contribution in [0.25, 0.3) is 0 Å². The van der Waals surface area contributed by atoms with Crippen molar-refractivity contribution < 1.29 is 4.74 Å². The molecule has 0 spiro atoms. The van der Waals surface area contributed by atoms with Crippen LogP contribution in [0.3, 0.4) is 0 Å². The van der Waals surface area contributed by atoms with Gasteiger partial charge < -0.3 is 10.1 Å². The van der Waals surface area contributed by atoms with Crippen LogP contribution >= 0.6 is 22.9 Å². The summed E-state index contributed by atoms with van der Waals surface area (Å²) >= 11 is 7.62. The smallest absolute Gasteiger partial charge is 0.139 e. The summed E-state index contributed by atoms with van der Waals surface area (Å²) < 4.78 is 5.65. The van der Waals surface area contributed by atoms with Crippen LogP contribution < -0.4 is 10.1 Å². The minimum Gasteiger partial charge on any atom is -0.486 e. The largest absolute Gasteiger partial charge is 0.486 e. The van der Waals surface area contributed by atoms with E-state index in [9.17, 15) is 0 Å². The van der Waals surface area contributed by atoms with E-state index in [1.165, 1.54) is 9.75 Å². The third-order valence-corrected chi connectivity index (χ3v) is 3.77. The highest BCUT2D eigenvalue weighted by Gasteiger charge is 2.02. The Balaban J connectivity index is 1.83. The van der Waals surface area contributed by atoms with Crippen LogP contribution in [0.4, 0.5) is 0 Å². The molecule has 0 saturated carbocycles. The summed E-state index contributed by atoms with van der Waals surface area (Å²) in [6, 6.07) is 6.01. The predicted molar refractivity (Wildman–Crippen MR) is 79.9 cm³/mol. The minimum atomic E-state index is 0.556. The summed E-state index contributed by atoms with van der Waals surface area (Å²) in [4.78, 5) is 6.52. The Kier molecular flexibility index (Phi) is 5.63. The predicted octanol–water partition coefficient (Wildman–Crippen LogP) is 3.88. The van der Waals surface area contributed by atoms with Crippen molar-refractivity contribution in [1.82, 2.24) is 10.3 Å². The number of nitrogens with zero attached hydrogens (tertiary/aromatic N) is 1. The van der Waals surface area contributed by atoms with Gasteiger partial charge in [0.15, 0.2) is 0 Å². The molecule has 0 saturated heterocycles. The highest BCUT2D eigenvalue weighted by molar-refractivity contribution is 7.11. The van der Waals surface area contributed by atoms with Gasteiger partial charge in [-0.2, -0.15) is 0 Å². The molecular weight excluding hydrogens is 280 g/mol. The van der Waals surface area contributed by atoms with Gasteiger partial charge in [-0.15, -0.1) is 11.3 Å². The lowest BCUT2D eigenvalue weighted by atomic mass is 10.4. The molecule has 0 aliphatic rings. The van der Waals surface area contributed by atoms with Crippen molar-refractivity contribution in [2.75, 3.05) is 6.54 Å². The SMILES string of the molecule is CCCNCc1ccc(COc2cncc(Cl)c2)s1. The van der Waals surface area contributed by atoms with E-state index in [1.54, 1.807) is 29.8 Å². The maximum absolute atomic E-state index is 5.85. The monoisotopic (exact) mass is 296 g/mol. The normalized spacial score (nSPS) is 10.6. The summed E-state index contributed by atoms with van der Waals surface area (Å²) in [5, 5.41) is 3.98. The lowest BCUT2D eigenvalue weighted by molar-refractivity contribution is 0.308. The first kappa shape index (κ1) is 14.3. The molecule has 0 aromatic carbocycles. The molecule has 1 N–H and O–H groups in total. The number of hydrogen-bond acceptors (Lipinski definition) is 4. The standard InChI is InChI=1S/C14H17ClN2OS/c1-2-5-16-9-13-3-4-14(19-13)10-18-12-6-11(15)7-17-8-12/h3-4,6-8,16H,2,5,9-10H2,1H3. The lowest BCUT2D eigenvalue weighted by Gasteiger charge is -2.04. The first-order chi connectivity index (χ1) is 9.28. The molecule has 2 aromatic heterocycles. The highest BCUT2D eigenvalue weighted by Crippen LogP contribution is 2.20. The molecule has 2 rings (SSSR count). The van der Waals surface area contributed by atoms with Crippen LogP contribution in [0.15, 0.2) is 30.6 Å². The average Bonchev–Trinajstić information content (AvgIpc) is 2.85. The highest BCUT2D eigenvalue weighted by atomic mass is 35.5. The number of thiophene rings is 1. The van der Waals surface area contributed by atoms with Crippen LogP contribution in [-0.4, -0.2) is 11.5 Å². The topological polar surface area (TPSA) is 34.1 Å². The first-order valence-electron chi connectivity index (χ1n) is 6.29. The van der Waals surface area contributed by atoms with E-state index >= 15 is 0 Å². The Morgan fingerprint density at radius 2 is 2.16 bits per heavy atom. The number of halogens is 1. The van der Waals surface area contributed by atoms with E-state index in [1.807, 2.05) is 0 Å². The van der Waals surface area contributed by atoms with Crippen LogP contribution in [0.2, 0.25) is 5.02 Å². The van der Waals surface area contributed by atoms with Gasteiger partial charge in [0.2, 0.25) is 0 Å². The molecule has 2 aromatic rings. The van der Waals surface area contributed by atoms with Gasteiger partial charge in [0.25, 0.3) is 0 Å². The van der Waals surface area contributed by atoms with Crippen LogP contribution in [0.5, 0.6) is 5.75 Å². The van der Waals surface area contributed by atoms with Crippen LogP contribution in [0, 0.1) is 0 Å². The fraction of sp³-hybridized carbons (Fsp3) is 0.357. The summed E-state index contributed by atoms with van der Waals surface area (Å²) in [6.45, 7) is 4.70. The van der Waals surface area contributed by atoms with Crippen molar-refractivity contribution in [1.29, 1.82) is 0 Å². The van der Waals surface area contributed by atoms with E-state index in [-0.39, 0.29) is 0 Å². The van der Waals surface area contributed by atoms with Gasteiger partial charge in [-0.05, 0) is 25.1 Å². The minimum absolute atomic E-state index is 0.556. The second-order valence-corrected chi connectivity index (χ2v) is 5.86. The molecule has 0 aliphatic carbocycles. The Bertz CT molecular complexity index is 516. The molecular formula is C14H17ClN2OS. The zero-order valence-electron chi connectivity index (χ0n) is 10.9. The second-order valence-electron chi connectivity index (χ2n) is 4.17. The quantitative estimate of drug-likeness (QED) is 0.788. The third-order valence-electron chi connectivity index (χ3n) is 2.50. The van der Waals surface area contributed by atoms with Gasteiger partial charge in [-0.25, -0.2) is 0 Å². The maximum Gasteiger partial charge on any atom is 0.139 e. The molecule has 0 aliphatic heterocycles. The van der Waals surface area contributed by atoms with E-state index in [2.05, 4.69) is 29.4 Å². The zero-order chi connectivity index (χ0) is 13.5. The molecule has 0 fully saturated rings. The van der Waals surface area contributed by atoms with Crippen LogP contribution in [-0.2, 0) is 13.2 Å². The Morgan fingerprint density at radius 1 is 1.32 bits per heavy atom. The third kappa shape index (κ3) is 4.82. The lowest BCUT2D eigenvalue weighted by Crippen LogP contribution is -2.12. The average molecular weight is 297 g/mol. The zero-order valence-corrected chi connectivity index (χ0v) is 12.4. The van der Waals surface area contributed by atoms with Gasteiger partial charge in [-0.1, -0.05) is 18.5 Å². The Hall–Kier alpha value is -1.10. The molecule has 102 valence electrons. The fourth-order valence-electron chi connectivity index (χ4n) is 1.61. The molecule has 0 amide bonds. The van der Waals surface area contributed by atoms with Gasteiger partial charge in [0.1, 0.15) is 12.4 Å². The van der Waals surface area contributed by atoms with Crippen molar-refractivity contribution in [2.45, 2.75) is 26.5 Å². The Labute approximate surface area is 122 Å². The van der Waals surface area contributed by atoms with Crippen molar-refractivity contribution in [3.8, 4) is 5.75 Å².